The van der Waals surface area contributed by atoms with Crippen molar-refractivity contribution in [1.29, 1.82) is 0 Å². The molecule has 0 spiro atoms. The standard InChI is InChI=1S/C24H31N3O/c1-6-13-27-22-10-8-7-9-21(22)25-23(27)16-26(15-17(2)3)24(28)20-12-11-18(4)19(5)14-20/h7-12,14,17H,6,13,15-16H2,1-5H3. The van der Waals surface area contributed by atoms with Gasteiger partial charge >= 0.3 is 0 Å². The number of carbonyl (C=O) groups excluding carboxylic acids is 1. The van der Waals surface area contributed by atoms with Crippen LogP contribution in [0.4, 0.5) is 0 Å². The third-order valence-electron chi connectivity index (χ3n) is 5.14. The van der Waals surface area contributed by atoms with E-state index in [-0.39, 0.29) is 5.91 Å². The number of hydrogen-bond acceptors (Lipinski definition) is 2. The molecule has 0 saturated carbocycles. The van der Waals surface area contributed by atoms with Crippen LogP contribution in [-0.4, -0.2) is 26.9 Å². The lowest BCUT2D eigenvalue weighted by Crippen LogP contribution is -2.34. The Labute approximate surface area is 168 Å². The van der Waals surface area contributed by atoms with Crippen molar-refractivity contribution in [3.8, 4) is 0 Å². The second-order valence-electron chi connectivity index (χ2n) is 8.05. The highest BCUT2D eigenvalue weighted by atomic mass is 16.2. The number of hydrogen-bond donors (Lipinski definition) is 0. The molecule has 1 heterocycles. The SMILES string of the molecule is CCCn1c(CN(CC(C)C)C(=O)c2ccc(C)c(C)c2)nc2ccccc21. The molecule has 4 nitrogen and oxygen atoms in total. The Morgan fingerprint density at radius 1 is 1.11 bits per heavy atom. The van der Waals surface area contributed by atoms with Crippen LogP contribution in [0.25, 0.3) is 11.0 Å². The first-order chi connectivity index (χ1) is 13.4. The molecule has 1 aromatic heterocycles. The van der Waals surface area contributed by atoms with Gasteiger partial charge in [-0.1, -0.05) is 39.0 Å². The molecule has 4 heteroatoms. The number of para-hydroxylation sites is 2. The van der Waals surface area contributed by atoms with E-state index in [1.54, 1.807) is 0 Å². The van der Waals surface area contributed by atoms with Crippen molar-refractivity contribution in [3.05, 3.63) is 65.0 Å². The zero-order valence-electron chi connectivity index (χ0n) is 17.7. The highest BCUT2D eigenvalue weighted by molar-refractivity contribution is 5.94. The van der Waals surface area contributed by atoms with Gasteiger partial charge in [0.25, 0.3) is 5.91 Å². The van der Waals surface area contributed by atoms with Gasteiger partial charge in [0.1, 0.15) is 5.82 Å². The van der Waals surface area contributed by atoms with E-state index in [1.807, 2.05) is 41.3 Å². The maximum atomic E-state index is 13.3. The van der Waals surface area contributed by atoms with Gasteiger partial charge in [-0.05, 0) is 61.6 Å². The summed E-state index contributed by atoms with van der Waals surface area (Å²) in [5.41, 5.74) is 5.24. The van der Waals surface area contributed by atoms with Crippen LogP contribution in [0.1, 0.15) is 54.5 Å². The minimum absolute atomic E-state index is 0.0758. The molecule has 148 valence electrons. The first kappa shape index (κ1) is 20.1. The molecule has 0 N–H and O–H groups in total. The molecule has 0 fully saturated rings. The molecule has 0 aliphatic heterocycles. The second kappa shape index (κ2) is 8.59. The molecule has 28 heavy (non-hydrogen) atoms. The summed E-state index contributed by atoms with van der Waals surface area (Å²) < 4.78 is 2.26. The van der Waals surface area contributed by atoms with Crippen LogP contribution in [0.3, 0.4) is 0 Å². The third-order valence-corrected chi connectivity index (χ3v) is 5.14. The average Bonchev–Trinajstić information content (AvgIpc) is 3.00. The van der Waals surface area contributed by atoms with Gasteiger partial charge in [-0.15, -0.1) is 0 Å². The number of carbonyl (C=O) groups is 1. The van der Waals surface area contributed by atoms with E-state index in [4.69, 9.17) is 4.98 Å². The Kier molecular flexibility index (Phi) is 6.18. The highest BCUT2D eigenvalue weighted by Crippen LogP contribution is 2.20. The van der Waals surface area contributed by atoms with Crippen molar-refractivity contribution in [1.82, 2.24) is 14.5 Å². The fraction of sp³-hybridized carbons (Fsp3) is 0.417. The number of amides is 1. The molecule has 3 rings (SSSR count). The number of aromatic nitrogens is 2. The van der Waals surface area contributed by atoms with Crippen molar-refractivity contribution >= 4 is 16.9 Å². The quantitative estimate of drug-likeness (QED) is 0.556. The molecule has 0 radical (unpaired) electrons. The van der Waals surface area contributed by atoms with E-state index < -0.39 is 0 Å². The minimum Gasteiger partial charge on any atom is -0.331 e. The van der Waals surface area contributed by atoms with Crippen molar-refractivity contribution < 1.29 is 4.79 Å². The van der Waals surface area contributed by atoms with Gasteiger partial charge in [-0.3, -0.25) is 4.79 Å². The second-order valence-corrected chi connectivity index (χ2v) is 8.05. The Bertz CT molecular complexity index is 971. The lowest BCUT2D eigenvalue weighted by atomic mass is 10.0. The molecular weight excluding hydrogens is 346 g/mol. The fourth-order valence-electron chi connectivity index (χ4n) is 3.61. The molecule has 3 aromatic rings. The predicted molar refractivity (Wildman–Crippen MR) is 116 cm³/mol. The third kappa shape index (κ3) is 4.27. The Morgan fingerprint density at radius 3 is 2.54 bits per heavy atom. The van der Waals surface area contributed by atoms with Gasteiger partial charge < -0.3 is 9.47 Å². The molecule has 2 aromatic carbocycles. The van der Waals surface area contributed by atoms with Crippen molar-refractivity contribution in [3.63, 3.8) is 0 Å². The summed E-state index contributed by atoms with van der Waals surface area (Å²) in [6, 6.07) is 14.2. The van der Waals surface area contributed by atoms with Crippen LogP contribution in [0, 0.1) is 19.8 Å². The van der Waals surface area contributed by atoms with Crippen molar-refractivity contribution in [2.24, 2.45) is 5.92 Å². The molecule has 0 atom stereocenters. The van der Waals surface area contributed by atoms with Crippen LogP contribution in [-0.2, 0) is 13.1 Å². The van der Waals surface area contributed by atoms with E-state index >= 15 is 0 Å². The van der Waals surface area contributed by atoms with Gasteiger partial charge in [0, 0.05) is 18.7 Å². The van der Waals surface area contributed by atoms with Crippen molar-refractivity contribution in [2.45, 2.75) is 54.1 Å². The monoisotopic (exact) mass is 377 g/mol. The summed E-state index contributed by atoms with van der Waals surface area (Å²) in [5, 5.41) is 0. The minimum atomic E-state index is 0.0758. The zero-order chi connectivity index (χ0) is 20.3. The van der Waals surface area contributed by atoms with Crippen LogP contribution >= 0.6 is 0 Å². The number of benzene rings is 2. The molecular formula is C24H31N3O. The molecule has 0 aliphatic carbocycles. The summed E-state index contributed by atoms with van der Waals surface area (Å²) in [5.74, 6) is 1.42. The summed E-state index contributed by atoms with van der Waals surface area (Å²) in [4.78, 5) is 20.1. The topological polar surface area (TPSA) is 38.1 Å². The van der Waals surface area contributed by atoms with Crippen LogP contribution in [0.15, 0.2) is 42.5 Å². The van der Waals surface area contributed by atoms with E-state index in [2.05, 4.69) is 45.3 Å². The smallest absolute Gasteiger partial charge is 0.254 e. The molecule has 0 aliphatic rings. The maximum absolute atomic E-state index is 13.3. The van der Waals surface area contributed by atoms with E-state index in [0.717, 1.165) is 41.0 Å². The Hall–Kier alpha value is -2.62. The number of fused-ring (bicyclic) bond motifs is 1. The summed E-state index contributed by atoms with van der Waals surface area (Å²) >= 11 is 0. The summed E-state index contributed by atoms with van der Waals surface area (Å²) in [7, 11) is 0. The Balaban J connectivity index is 1.96. The van der Waals surface area contributed by atoms with E-state index in [9.17, 15) is 4.79 Å². The molecule has 0 unspecified atom stereocenters. The summed E-state index contributed by atoms with van der Waals surface area (Å²) in [6.45, 7) is 12.7. The van der Waals surface area contributed by atoms with Gasteiger partial charge in [0.15, 0.2) is 0 Å². The maximum Gasteiger partial charge on any atom is 0.254 e. The highest BCUT2D eigenvalue weighted by Gasteiger charge is 2.21. The van der Waals surface area contributed by atoms with Crippen LogP contribution in [0.2, 0.25) is 0 Å². The van der Waals surface area contributed by atoms with E-state index in [0.29, 0.717) is 19.0 Å². The number of imidazole rings is 1. The number of rotatable bonds is 7. The lowest BCUT2D eigenvalue weighted by molar-refractivity contribution is 0.0716. The lowest BCUT2D eigenvalue weighted by Gasteiger charge is -2.25. The van der Waals surface area contributed by atoms with Crippen LogP contribution in [0.5, 0.6) is 0 Å². The molecule has 1 amide bonds. The van der Waals surface area contributed by atoms with Crippen LogP contribution < -0.4 is 0 Å². The fourth-order valence-corrected chi connectivity index (χ4v) is 3.61. The zero-order valence-corrected chi connectivity index (χ0v) is 17.7. The largest absolute Gasteiger partial charge is 0.331 e. The number of aryl methyl sites for hydroxylation is 3. The van der Waals surface area contributed by atoms with Gasteiger partial charge in [-0.2, -0.15) is 0 Å². The average molecular weight is 378 g/mol. The first-order valence-corrected chi connectivity index (χ1v) is 10.2. The summed E-state index contributed by atoms with van der Waals surface area (Å²) in [6.07, 6.45) is 1.03. The Morgan fingerprint density at radius 2 is 1.86 bits per heavy atom. The van der Waals surface area contributed by atoms with E-state index in [1.165, 1.54) is 5.56 Å². The molecule has 0 saturated heterocycles. The van der Waals surface area contributed by atoms with Gasteiger partial charge in [-0.25, -0.2) is 4.98 Å². The first-order valence-electron chi connectivity index (χ1n) is 10.2. The van der Waals surface area contributed by atoms with Gasteiger partial charge in [0.05, 0.1) is 17.6 Å². The van der Waals surface area contributed by atoms with Crippen molar-refractivity contribution in [2.75, 3.05) is 6.54 Å². The predicted octanol–water partition coefficient (Wildman–Crippen LogP) is 5.36. The molecule has 0 bridgehead atoms. The van der Waals surface area contributed by atoms with Gasteiger partial charge in [0.2, 0.25) is 0 Å². The number of nitrogens with zero attached hydrogens (tertiary/aromatic N) is 3. The normalized spacial score (nSPS) is 11.4.